The Kier molecular flexibility index (Phi) is 7.28. The van der Waals surface area contributed by atoms with E-state index in [1.54, 1.807) is 6.92 Å². The van der Waals surface area contributed by atoms with Crippen molar-refractivity contribution in [3.05, 3.63) is 29.6 Å². The van der Waals surface area contributed by atoms with Gasteiger partial charge < -0.3 is 5.11 Å². The van der Waals surface area contributed by atoms with E-state index in [-0.39, 0.29) is 12.6 Å². The minimum Gasteiger partial charge on any atom is -0.392 e. The number of hydrogen-bond acceptors (Lipinski definition) is 3. The Labute approximate surface area is 126 Å². The van der Waals surface area contributed by atoms with Gasteiger partial charge in [0.25, 0.3) is 0 Å². The predicted molar refractivity (Wildman–Crippen MR) is 80.9 cm³/mol. The van der Waals surface area contributed by atoms with Gasteiger partial charge in [0.1, 0.15) is 10.7 Å². The van der Waals surface area contributed by atoms with Crippen LogP contribution in [0.1, 0.15) is 51.5 Å². The first-order valence-corrected chi connectivity index (χ1v) is 8.80. The maximum Gasteiger partial charge on any atom is 0.243 e. The van der Waals surface area contributed by atoms with Crippen LogP contribution in [0.15, 0.2) is 23.1 Å². The van der Waals surface area contributed by atoms with Crippen LogP contribution in [-0.2, 0) is 16.6 Å². The average Bonchev–Trinajstić information content (AvgIpc) is 2.43. The molecule has 0 spiro atoms. The molecule has 1 unspecified atom stereocenters. The molecule has 120 valence electrons. The van der Waals surface area contributed by atoms with E-state index in [1.165, 1.54) is 12.1 Å². The lowest BCUT2D eigenvalue weighted by molar-refractivity contribution is 0.281. The molecule has 0 amide bonds. The SMILES string of the molecule is CCCCCCC(C)NS(=O)(=O)c1cc(CO)ccc1F. The van der Waals surface area contributed by atoms with E-state index >= 15 is 0 Å². The quantitative estimate of drug-likeness (QED) is 0.688. The molecule has 1 rings (SSSR count). The zero-order valence-corrected chi connectivity index (χ0v) is 13.4. The summed E-state index contributed by atoms with van der Waals surface area (Å²) in [5.74, 6) is -0.808. The zero-order valence-electron chi connectivity index (χ0n) is 12.6. The Bertz CT molecular complexity index is 546. The van der Waals surface area contributed by atoms with Crippen LogP contribution < -0.4 is 4.72 Å². The summed E-state index contributed by atoms with van der Waals surface area (Å²) in [5, 5.41) is 9.03. The maximum atomic E-state index is 13.7. The van der Waals surface area contributed by atoms with Gasteiger partial charge in [-0.05, 0) is 31.0 Å². The van der Waals surface area contributed by atoms with Gasteiger partial charge in [0.2, 0.25) is 10.0 Å². The van der Waals surface area contributed by atoms with Crippen molar-refractivity contribution in [2.45, 2.75) is 63.5 Å². The fourth-order valence-corrected chi connectivity index (χ4v) is 3.52. The van der Waals surface area contributed by atoms with E-state index < -0.39 is 20.7 Å². The van der Waals surface area contributed by atoms with Crippen molar-refractivity contribution in [2.24, 2.45) is 0 Å². The highest BCUT2D eigenvalue weighted by Crippen LogP contribution is 2.17. The summed E-state index contributed by atoms with van der Waals surface area (Å²) in [7, 11) is -3.90. The molecule has 2 N–H and O–H groups in total. The first-order valence-electron chi connectivity index (χ1n) is 7.32. The van der Waals surface area contributed by atoms with Gasteiger partial charge in [-0.25, -0.2) is 17.5 Å². The Morgan fingerprint density at radius 1 is 1.29 bits per heavy atom. The van der Waals surface area contributed by atoms with Crippen LogP contribution in [-0.4, -0.2) is 19.6 Å². The van der Waals surface area contributed by atoms with Crippen molar-refractivity contribution in [3.63, 3.8) is 0 Å². The number of nitrogens with one attached hydrogen (secondary N) is 1. The molecular weight excluding hydrogens is 293 g/mol. The second-order valence-electron chi connectivity index (χ2n) is 5.29. The number of rotatable bonds is 9. The lowest BCUT2D eigenvalue weighted by Crippen LogP contribution is -2.33. The number of benzene rings is 1. The lowest BCUT2D eigenvalue weighted by Gasteiger charge is -2.15. The summed E-state index contributed by atoms with van der Waals surface area (Å²) < 4.78 is 40.6. The number of hydrogen-bond donors (Lipinski definition) is 2. The lowest BCUT2D eigenvalue weighted by atomic mass is 10.1. The minimum absolute atomic E-state index is 0.246. The second-order valence-corrected chi connectivity index (χ2v) is 6.98. The molecule has 0 aliphatic heterocycles. The first kappa shape index (κ1) is 18.1. The molecule has 0 aliphatic carbocycles. The summed E-state index contributed by atoms with van der Waals surface area (Å²) in [6, 6.07) is 3.35. The normalized spacial score (nSPS) is 13.3. The van der Waals surface area contributed by atoms with Gasteiger partial charge in [-0.2, -0.15) is 0 Å². The van der Waals surface area contributed by atoms with Crippen LogP contribution in [0.5, 0.6) is 0 Å². The molecule has 0 radical (unpaired) electrons. The van der Waals surface area contributed by atoms with E-state index in [4.69, 9.17) is 5.11 Å². The highest BCUT2D eigenvalue weighted by atomic mass is 32.2. The third-order valence-electron chi connectivity index (χ3n) is 3.31. The monoisotopic (exact) mass is 317 g/mol. The molecule has 0 heterocycles. The van der Waals surface area contributed by atoms with E-state index in [9.17, 15) is 12.8 Å². The van der Waals surface area contributed by atoms with Gasteiger partial charge in [-0.3, -0.25) is 0 Å². The van der Waals surface area contributed by atoms with Crippen LogP contribution in [0.4, 0.5) is 4.39 Å². The Morgan fingerprint density at radius 3 is 2.62 bits per heavy atom. The smallest absolute Gasteiger partial charge is 0.243 e. The summed E-state index contributed by atoms with van der Waals surface area (Å²) in [6.45, 7) is 3.57. The Morgan fingerprint density at radius 2 is 2.00 bits per heavy atom. The van der Waals surface area contributed by atoms with Gasteiger partial charge in [0, 0.05) is 6.04 Å². The van der Waals surface area contributed by atoms with Crippen molar-refractivity contribution in [1.82, 2.24) is 4.72 Å². The molecule has 0 bridgehead atoms. The molecule has 0 aliphatic rings. The molecule has 0 fully saturated rings. The minimum atomic E-state index is -3.90. The molecule has 6 heteroatoms. The molecule has 21 heavy (non-hydrogen) atoms. The van der Waals surface area contributed by atoms with Crippen LogP contribution in [0, 0.1) is 5.82 Å². The summed E-state index contributed by atoms with van der Waals surface area (Å²) in [4.78, 5) is -0.408. The van der Waals surface area contributed by atoms with Crippen molar-refractivity contribution < 1.29 is 17.9 Å². The summed E-state index contributed by atoms with van der Waals surface area (Å²) >= 11 is 0. The number of unbranched alkanes of at least 4 members (excludes halogenated alkanes) is 3. The van der Waals surface area contributed by atoms with Crippen LogP contribution in [0.3, 0.4) is 0 Å². The maximum absolute atomic E-state index is 13.7. The fourth-order valence-electron chi connectivity index (χ4n) is 2.12. The van der Waals surface area contributed by atoms with Gasteiger partial charge >= 0.3 is 0 Å². The molecule has 0 saturated heterocycles. The molecule has 1 atom stereocenters. The van der Waals surface area contributed by atoms with Crippen molar-refractivity contribution in [1.29, 1.82) is 0 Å². The second kappa shape index (κ2) is 8.46. The number of aliphatic hydroxyl groups excluding tert-OH is 1. The average molecular weight is 317 g/mol. The van der Waals surface area contributed by atoms with Crippen molar-refractivity contribution in [2.75, 3.05) is 0 Å². The number of sulfonamides is 1. The van der Waals surface area contributed by atoms with Gasteiger partial charge in [0.15, 0.2) is 0 Å². The van der Waals surface area contributed by atoms with Gasteiger partial charge in [0.05, 0.1) is 6.61 Å². The fraction of sp³-hybridized carbons (Fsp3) is 0.600. The first-order chi connectivity index (χ1) is 9.90. The van der Waals surface area contributed by atoms with E-state index in [0.717, 1.165) is 38.2 Å². The van der Waals surface area contributed by atoms with E-state index in [1.807, 2.05) is 0 Å². The molecule has 0 saturated carbocycles. The third-order valence-corrected chi connectivity index (χ3v) is 4.92. The molecule has 1 aromatic rings. The topological polar surface area (TPSA) is 66.4 Å². The predicted octanol–water partition coefficient (Wildman–Crippen LogP) is 2.96. The largest absolute Gasteiger partial charge is 0.392 e. The van der Waals surface area contributed by atoms with Crippen LogP contribution in [0.25, 0.3) is 0 Å². The summed E-state index contributed by atoms with van der Waals surface area (Å²) in [6.07, 6.45) is 4.99. The highest BCUT2D eigenvalue weighted by Gasteiger charge is 2.21. The highest BCUT2D eigenvalue weighted by molar-refractivity contribution is 7.89. The molecule has 0 aromatic heterocycles. The van der Waals surface area contributed by atoms with E-state index in [2.05, 4.69) is 11.6 Å². The van der Waals surface area contributed by atoms with Crippen molar-refractivity contribution >= 4 is 10.0 Å². The number of halogens is 1. The number of aliphatic hydroxyl groups is 1. The van der Waals surface area contributed by atoms with Crippen molar-refractivity contribution in [3.8, 4) is 0 Å². The Hall–Kier alpha value is -0.980. The Balaban J connectivity index is 2.72. The molecule has 1 aromatic carbocycles. The third kappa shape index (κ3) is 5.73. The molecular formula is C15H24FNO3S. The van der Waals surface area contributed by atoms with Crippen LogP contribution >= 0.6 is 0 Å². The zero-order chi connectivity index (χ0) is 15.9. The van der Waals surface area contributed by atoms with Gasteiger partial charge in [-0.1, -0.05) is 38.7 Å². The molecule has 4 nitrogen and oxygen atoms in total. The van der Waals surface area contributed by atoms with Crippen LogP contribution in [0.2, 0.25) is 0 Å². The summed E-state index contributed by atoms with van der Waals surface area (Å²) in [5.41, 5.74) is 0.368. The van der Waals surface area contributed by atoms with Gasteiger partial charge in [-0.15, -0.1) is 0 Å². The van der Waals surface area contributed by atoms with E-state index in [0.29, 0.717) is 5.56 Å². The standard InChI is InChI=1S/C15H24FNO3S/c1-3-4-5-6-7-12(2)17-21(19,20)15-10-13(11-18)8-9-14(15)16/h8-10,12,17-18H,3-7,11H2,1-2H3.